The zero-order valence-electron chi connectivity index (χ0n) is 13.5. The van der Waals surface area contributed by atoms with Gasteiger partial charge in [0.25, 0.3) is 0 Å². The number of aromatic nitrogens is 1. The molecular weight excluding hydrogens is 338 g/mol. The minimum absolute atomic E-state index is 0.155. The van der Waals surface area contributed by atoms with Gasteiger partial charge in [0.05, 0.1) is 36.8 Å². The van der Waals surface area contributed by atoms with E-state index in [2.05, 4.69) is 16.4 Å². The molecule has 0 aliphatic rings. The number of benzene rings is 1. The summed E-state index contributed by atoms with van der Waals surface area (Å²) in [6.07, 6.45) is 1.56. The van der Waals surface area contributed by atoms with E-state index in [0.717, 1.165) is 10.9 Å². The van der Waals surface area contributed by atoms with Crippen molar-refractivity contribution in [3.63, 3.8) is 0 Å². The highest BCUT2D eigenvalue weighted by Crippen LogP contribution is 2.26. The quantitative estimate of drug-likeness (QED) is 0.685. The molecule has 25 heavy (non-hydrogen) atoms. The predicted octanol–water partition coefficient (Wildman–Crippen LogP) is 3.12. The third-order valence-electron chi connectivity index (χ3n) is 3.49. The third kappa shape index (κ3) is 4.11. The number of pyridine rings is 1. The molecule has 6 nitrogen and oxygen atoms in total. The Morgan fingerprint density at radius 2 is 2.28 bits per heavy atom. The molecule has 1 amide bonds. The third-order valence-corrected chi connectivity index (χ3v) is 4.48. The normalized spacial score (nSPS) is 10.4. The first kappa shape index (κ1) is 16.9. The van der Waals surface area contributed by atoms with Gasteiger partial charge in [0.1, 0.15) is 22.6 Å². The number of thioether (sulfide) groups is 1. The van der Waals surface area contributed by atoms with Gasteiger partial charge in [-0.1, -0.05) is 11.8 Å². The lowest BCUT2D eigenvalue weighted by molar-refractivity contribution is -0.118. The van der Waals surface area contributed by atoms with E-state index in [9.17, 15) is 10.1 Å². The molecule has 7 heteroatoms. The van der Waals surface area contributed by atoms with Gasteiger partial charge in [0.2, 0.25) is 5.91 Å². The van der Waals surface area contributed by atoms with Gasteiger partial charge in [-0.3, -0.25) is 4.79 Å². The van der Waals surface area contributed by atoms with Crippen LogP contribution >= 0.6 is 11.8 Å². The number of nitriles is 1. The molecule has 2 heterocycles. The fourth-order valence-corrected chi connectivity index (χ4v) is 3.02. The summed E-state index contributed by atoms with van der Waals surface area (Å²) in [7, 11) is 1.59. The molecule has 0 bridgehead atoms. The Balaban J connectivity index is 1.71. The molecule has 0 atom stereocenters. The molecule has 0 fully saturated rings. The maximum absolute atomic E-state index is 12.0. The topological polar surface area (TPSA) is 88.1 Å². The van der Waals surface area contributed by atoms with E-state index in [4.69, 9.17) is 9.15 Å². The molecule has 1 N–H and O–H groups in total. The average molecular weight is 353 g/mol. The number of ether oxygens (including phenoxy) is 1. The number of amides is 1. The fraction of sp³-hybridized carbons (Fsp3) is 0.167. The summed E-state index contributed by atoms with van der Waals surface area (Å²) in [5.41, 5.74) is 1.17. The Morgan fingerprint density at radius 1 is 1.40 bits per heavy atom. The first-order chi connectivity index (χ1) is 12.2. The van der Waals surface area contributed by atoms with Crippen molar-refractivity contribution >= 4 is 28.6 Å². The van der Waals surface area contributed by atoms with Crippen LogP contribution in [0.3, 0.4) is 0 Å². The molecule has 2 aromatic heterocycles. The van der Waals surface area contributed by atoms with Crippen LogP contribution in [0.5, 0.6) is 5.75 Å². The number of nitrogens with zero attached hydrogens (tertiary/aromatic N) is 2. The summed E-state index contributed by atoms with van der Waals surface area (Å²) in [5, 5.41) is 13.5. The van der Waals surface area contributed by atoms with Gasteiger partial charge in [-0.25, -0.2) is 4.98 Å². The van der Waals surface area contributed by atoms with Gasteiger partial charge in [-0.2, -0.15) is 5.26 Å². The number of carbonyl (C=O) groups is 1. The van der Waals surface area contributed by atoms with Gasteiger partial charge in [-0.05, 0) is 30.3 Å². The van der Waals surface area contributed by atoms with Crippen LogP contribution in [0.4, 0.5) is 0 Å². The zero-order valence-corrected chi connectivity index (χ0v) is 14.3. The van der Waals surface area contributed by atoms with Gasteiger partial charge in [0, 0.05) is 11.5 Å². The van der Waals surface area contributed by atoms with Gasteiger partial charge in [0.15, 0.2) is 0 Å². The van der Waals surface area contributed by atoms with E-state index in [0.29, 0.717) is 28.6 Å². The molecule has 0 aliphatic carbocycles. The maximum Gasteiger partial charge on any atom is 0.230 e. The number of furan rings is 1. The minimum Gasteiger partial charge on any atom is -0.497 e. The highest BCUT2D eigenvalue weighted by Gasteiger charge is 2.11. The standard InChI is InChI=1S/C18H15N3O3S/c1-23-14-5-4-12-7-13(9-19)18(21-16(12)8-14)25-11-17(22)20-10-15-3-2-6-24-15/h2-8H,10-11H2,1H3,(H,20,22). The van der Waals surface area contributed by atoms with E-state index < -0.39 is 0 Å². The molecule has 0 aliphatic heterocycles. The van der Waals surface area contributed by atoms with E-state index in [1.54, 1.807) is 37.6 Å². The number of carbonyl (C=O) groups excluding carboxylic acids is 1. The zero-order chi connectivity index (χ0) is 17.6. The first-order valence-corrected chi connectivity index (χ1v) is 8.49. The number of hydrogen-bond donors (Lipinski definition) is 1. The summed E-state index contributed by atoms with van der Waals surface area (Å²) < 4.78 is 10.4. The predicted molar refractivity (Wildman–Crippen MR) is 94.3 cm³/mol. The lowest BCUT2D eigenvalue weighted by Gasteiger charge is -2.07. The number of fused-ring (bicyclic) bond motifs is 1. The summed E-state index contributed by atoms with van der Waals surface area (Å²) in [5.74, 6) is 1.39. The van der Waals surface area contributed by atoms with Crippen LogP contribution in [-0.4, -0.2) is 23.8 Å². The molecule has 0 radical (unpaired) electrons. The smallest absolute Gasteiger partial charge is 0.230 e. The number of rotatable bonds is 6. The van der Waals surface area contributed by atoms with Crippen molar-refractivity contribution in [3.05, 3.63) is 54.0 Å². The number of methoxy groups -OCH3 is 1. The monoisotopic (exact) mass is 353 g/mol. The largest absolute Gasteiger partial charge is 0.497 e. The average Bonchev–Trinajstić information content (AvgIpc) is 3.16. The Kier molecular flexibility index (Phi) is 5.21. The van der Waals surface area contributed by atoms with Crippen LogP contribution in [0, 0.1) is 11.3 Å². The number of nitrogens with one attached hydrogen (secondary N) is 1. The second-order valence-electron chi connectivity index (χ2n) is 5.16. The van der Waals surface area contributed by atoms with Crippen molar-refractivity contribution in [2.45, 2.75) is 11.6 Å². The highest BCUT2D eigenvalue weighted by molar-refractivity contribution is 8.00. The van der Waals surface area contributed by atoms with Crippen molar-refractivity contribution in [1.29, 1.82) is 5.26 Å². The fourth-order valence-electron chi connectivity index (χ4n) is 2.23. The van der Waals surface area contributed by atoms with Crippen LogP contribution in [0.15, 0.2) is 52.1 Å². The van der Waals surface area contributed by atoms with Gasteiger partial charge >= 0.3 is 0 Å². The summed E-state index contributed by atoms with van der Waals surface area (Å²) in [6.45, 7) is 0.333. The second-order valence-corrected chi connectivity index (χ2v) is 6.12. The van der Waals surface area contributed by atoms with Crippen LogP contribution in [0.1, 0.15) is 11.3 Å². The second kappa shape index (κ2) is 7.73. The van der Waals surface area contributed by atoms with Crippen molar-refractivity contribution < 1.29 is 13.9 Å². The summed E-state index contributed by atoms with van der Waals surface area (Å²) >= 11 is 1.23. The summed E-state index contributed by atoms with van der Waals surface area (Å²) in [6, 6.07) is 12.9. The lowest BCUT2D eigenvalue weighted by atomic mass is 10.1. The van der Waals surface area contributed by atoms with Crippen molar-refractivity contribution in [2.75, 3.05) is 12.9 Å². The van der Waals surface area contributed by atoms with E-state index >= 15 is 0 Å². The molecule has 3 rings (SSSR count). The first-order valence-electron chi connectivity index (χ1n) is 7.50. The van der Waals surface area contributed by atoms with E-state index in [-0.39, 0.29) is 11.7 Å². The van der Waals surface area contributed by atoms with Crippen LogP contribution < -0.4 is 10.1 Å². The van der Waals surface area contributed by atoms with Crippen molar-refractivity contribution in [2.24, 2.45) is 0 Å². The maximum atomic E-state index is 12.0. The molecule has 126 valence electrons. The molecule has 0 saturated carbocycles. The van der Waals surface area contributed by atoms with Crippen molar-refractivity contribution in [1.82, 2.24) is 10.3 Å². The SMILES string of the molecule is COc1ccc2cc(C#N)c(SCC(=O)NCc3ccco3)nc2c1. The van der Waals surface area contributed by atoms with E-state index in [1.165, 1.54) is 11.8 Å². The molecule has 0 saturated heterocycles. The van der Waals surface area contributed by atoms with Crippen LogP contribution in [-0.2, 0) is 11.3 Å². The van der Waals surface area contributed by atoms with Crippen LogP contribution in [0.25, 0.3) is 10.9 Å². The Bertz CT molecular complexity index is 933. The number of hydrogen-bond acceptors (Lipinski definition) is 6. The Morgan fingerprint density at radius 3 is 3.00 bits per heavy atom. The van der Waals surface area contributed by atoms with Gasteiger partial charge in [-0.15, -0.1) is 0 Å². The molecule has 0 spiro atoms. The molecular formula is C18H15N3O3S. The van der Waals surface area contributed by atoms with Gasteiger partial charge < -0.3 is 14.5 Å². The van der Waals surface area contributed by atoms with E-state index in [1.807, 2.05) is 12.1 Å². The van der Waals surface area contributed by atoms with Crippen LogP contribution in [0.2, 0.25) is 0 Å². The highest BCUT2D eigenvalue weighted by atomic mass is 32.2. The summed E-state index contributed by atoms with van der Waals surface area (Å²) in [4.78, 5) is 16.5. The minimum atomic E-state index is -0.155. The molecule has 1 aromatic carbocycles. The molecule has 3 aromatic rings. The van der Waals surface area contributed by atoms with Crippen molar-refractivity contribution in [3.8, 4) is 11.8 Å². The Labute approximate surface area is 148 Å². The lowest BCUT2D eigenvalue weighted by Crippen LogP contribution is -2.24. The molecule has 0 unspecified atom stereocenters. The Hall–Kier alpha value is -2.98.